The maximum atomic E-state index is 10.8. The number of aliphatic hydroxyl groups is 1. The number of fused-ring (bicyclic) bond motifs is 2. The van der Waals surface area contributed by atoms with Gasteiger partial charge in [-0.15, -0.1) is 0 Å². The maximum Gasteiger partial charge on any atom is 0.114 e. The van der Waals surface area contributed by atoms with Crippen LogP contribution in [0.1, 0.15) is 58.8 Å². The molecular formula is C20H32O4. The molecule has 0 amide bonds. The van der Waals surface area contributed by atoms with Gasteiger partial charge in [-0.2, -0.15) is 0 Å². The quantitative estimate of drug-likeness (QED) is 0.445. The number of ether oxygens (including phenoxy) is 1. The first-order chi connectivity index (χ1) is 11.3. The van der Waals surface area contributed by atoms with Gasteiger partial charge in [-0.1, -0.05) is 25.3 Å². The first-order valence-electron chi connectivity index (χ1n) is 8.93. The van der Waals surface area contributed by atoms with E-state index >= 15 is 0 Å². The van der Waals surface area contributed by atoms with Crippen molar-refractivity contribution in [3.8, 4) is 0 Å². The van der Waals surface area contributed by atoms with Gasteiger partial charge in [-0.3, -0.25) is 5.26 Å². The van der Waals surface area contributed by atoms with E-state index in [1.54, 1.807) is 0 Å². The van der Waals surface area contributed by atoms with E-state index in [0.717, 1.165) is 42.4 Å². The summed E-state index contributed by atoms with van der Waals surface area (Å²) in [4.78, 5) is 4.65. The number of allylic oxidation sites excluding steroid dienone is 1. The molecule has 0 aromatic heterocycles. The molecule has 0 aromatic carbocycles. The Balaban J connectivity index is 2.22. The molecule has 2 heterocycles. The Kier molecular flexibility index (Phi) is 6.43. The Morgan fingerprint density at radius 1 is 1.21 bits per heavy atom. The molecule has 2 aliphatic rings. The number of aliphatic hydroxyl groups excluding tert-OH is 1. The van der Waals surface area contributed by atoms with Crippen LogP contribution in [-0.4, -0.2) is 34.3 Å². The van der Waals surface area contributed by atoms with Gasteiger partial charge >= 0.3 is 0 Å². The molecule has 2 fully saturated rings. The molecule has 2 N–H and O–H groups in total. The fourth-order valence-electron chi connectivity index (χ4n) is 3.81. The lowest BCUT2D eigenvalue weighted by Crippen LogP contribution is -2.41. The molecule has 0 aliphatic carbocycles. The Hall–Kier alpha value is -0.940. The van der Waals surface area contributed by atoms with Crippen molar-refractivity contribution < 1.29 is 20.0 Å². The third-order valence-electron chi connectivity index (χ3n) is 5.80. The summed E-state index contributed by atoms with van der Waals surface area (Å²) in [6.07, 6.45) is 4.31. The molecule has 0 saturated carbocycles. The van der Waals surface area contributed by atoms with E-state index in [1.807, 2.05) is 13.8 Å². The number of hydrogen-bond donors (Lipinski definition) is 2. The SMILES string of the molecule is C=C(C)[C@@H]1CCC(=C)[C@@H](OO)CCC(=C)[C@H]2CC[C@@](C)(O2)[C@@H](O)C1. The zero-order valence-electron chi connectivity index (χ0n) is 15.1. The average molecular weight is 336 g/mol. The van der Waals surface area contributed by atoms with Gasteiger partial charge in [0.1, 0.15) is 6.10 Å². The van der Waals surface area contributed by atoms with Crippen LogP contribution in [0, 0.1) is 5.92 Å². The predicted octanol–water partition coefficient (Wildman–Crippen LogP) is 4.41. The minimum Gasteiger partial charge on any atom is -0.390 e. The van der Waals surface area contributed by atoms with E-state index in [0.29, 0.717) is 19.3 Å². The topological polar surface area (TPSA) is 58.9 Å². The monoisotopic (exact) mass is 336 g/mol. The molecule has 0 spiro atoms. The van der Waals surface area contributed by atoms with Crippen molar-refractivity contribution in [3.05, 3.63) is 36.5 Å². The maximum absolute atomic E-state index is 10.8. The van der Waals surface area contributed by atoms with Crippen molar-refractivity contribution >= 4 is 0 Å². The summed E-state index contributed by atoms with van der Waals surface area (Å²) in [5, 5.41) is 20.0. The van der Waals surface area contributed by atoms with Gasteiger partial charge < -0.3 is 9.84 Å². The molecule has 4 nitrogen and oxygen atoms in total. The van der Waals surface area contributed by atoms with Crippen molar-refractivity contribution in [2.45, 2.75) is 82.7 Å². The van der Waals surface area contributed by atoms with Crippen LogP contribution in [0.25, 0.3) is 0 Å². The van der Waals surface area contributed by atoms with E-state index in [1.165, 1.54) is 0 Å². The minimum absolute atomic E-state index is 0.0405. The van der Waals surface area contributed by atoms with Gasteiger partial charge in [-0.25, -0.2) is 4.89 Å². The molecule has 0 aromatic rings. The zero-order valence-corrected chi connectivity index (χ0v) is 15.1. The van der Waals surface area contributed by atoms with Crippen LogP contribution in [0.3, 0.4) is 0 Å². The summed E-state index contributed by atoms with van der Waals surface area (Å²) in [6.45, 7) is 16.3. The van der Waals surface area contributed by atoms with Crippen molar-refractivity contribution in [2.75, 3.05) is 0 Å². The Morgan fingerprint density at radius 2 is 1.88 bits per heavy atom. The molecule has 4 heteroatoms. The number of hydrogen-bond acceptors (Lipinski definition) is 4. The van der Waals surface area contributed by atoms with Gasteiger partial charge in [0.25, 0.3) is 0 Å². The largest absolute Gasteiger partial charge is 0.390 e. The lowest BCUT2D eigenvalue weighted by Gasteiger charge is -2.33. The van der Waals surface area contributed by atoms with Gasteiger partial charge in [0.2, 0.25) is 0 Å². The molecule has 2 aliphatic heterocycles. The fraction of sp³-hybridized carbons (Fsp3) is 0.700. The summed E-state index contributed by atoms with van der Waals surface area (Å²) < 4.78 is 6.21. The highest BCUT2D eigenvalue weighted by Crippen LogP contribution is 2.40. The van der Waals surface area contributed by atoms with E-state index in [2.05, 4.69) is 24.6 Å². The highest BCUT2D eigenvalue weighted by molar-refractivity contribution is 5.12. The standard InChI is InChI=1S/C20H32O4/c1-13(2)16-8-6-15(4)18(24-22)9-7-14(3)17-10-11-20(5,23-17)19(21)12-16/h16-19,21-22H,1,3-4,6-12H2,2,5H3/t16-,17-,18+,19+,20-/m1/s1. The van der Waals surface area contributed by atoms with Crippen LogP contribution < -0.4 is 0 Å². The molecule has 2 rings (SSSR count). The van der Waals surface area contributed by atoms with Gasteiger partial charge in [-0.05, 0) is 75.9 Å². The molecular weight excluding hydrogens is 304 g/mol. The van der Waals surface area contributed by atoms with Crippen molar-refractivity contribution in [2.24, 2.45) is 5.92 Å². The summed E-state index contributed by atoms with van der Waals surface area (Å²) in [7, 11) is 0. The third-order valence-corrected chi connectivity index (χ3v) is 5.80. The zero-order chi connectivity index (χ0) is 17.9. The van der Waals surface area contributed by atoms with Crippen LogP contribution in [0.4, 0.5) is 0 Å². The molecule has 24 heavy (non-hydrogen) atoms. The van der Waals surface area contributed by atoms with Crippen LogP contribution in [0.15, 0.2) is 36.5 Å². The fourth-order valence-corrected chi connectivity index (χ4v) is 3.81. The Morgan fingerprint density at radius 3 is 2.50 bits per heavy atom. The summed E-state index contributed by atoms with van der Waals surface area (Å²) in [5.41, 5.74) is 2.40. The summed E-state index contributed by atoms with van der Waals surface area (Å²) >= 11 is 0. The van der Waals surface area contributed by atoms with E-state index in [4.69, 9.17) is 4.74 Å². The smallest absolute Gasteiger partial charge is 0.114 e. The number of rotatable bonds is 2. The van der Waals surface area contributed by atoms with Gasteiger partial charge in [0.05, 0.1) is 17.8 Å². The van der Waals surface area contributed by atoms with Crippen LogP contribution in [0.5, 0.6) is 0 Å². The van der Waals surface area contributed by atoms with Crippen LogP contribution in [0.2, 0.25) is 0 Å². The van der Waals surface area contributed by atoms with Crippen molar-refractivity contribution in [3.63, 3.8) is 0 Å². The van der Waals surface area contributed by atoms with E-state index < -0.39 is 11.7 Å². The highest BCUT2D eigenvalue weighted by Gasteiger charge is 2.43. The second-order valence-corrected chi connectivity index (χ2v) is 7.74. The van der Waals surface area contributed by atoms with Crippen molar-refractivity contribution in [1.82, 2.24) is 0 Å². The Bertz CT molecular complexity index is 498. The van der Waals surface area contributed by atoms with Gasteiger partial charge in [0, 0.05) is 0 Å². The minimum atomic E-state index is -0.532. The summed E-state index contributed by atoms with van der Waals surface area (Å²) in [5.74, 6) is 0.194. The predicted molar refractivity (Wildman–Crippen MR) is 95.7 cm³/mol. The second-order valence-electron chi connectivity index (χ2n) is 7.74. The molecule has 5 atom stereocenters. The molecule has 2 bridgehead atoms. The highest BCUT2D eigenvalue weighted by atomic mass is 17.1. The van der Waals surface area contributed by atoms with E-state index in [9.17, 15) is 10.4 Å². The molecule has 0 unspecified atom stereocenters. The summed E-state index contributed by atoms with van der Waals surface area (Å²) in [6, 6.07) is 0. The first-order valence-corrected chi connectivity index (χ1v) is 8.93. The van der Waals surface area contributed by atoms with Crippen LogP contribution in [-0.2, 0) is 9.62 Å². The molecule has 2 saturated heterocycles. The van der Waals surface area contributed by atoms with Crippen molar-refractivity contribution in [1.29, 1.82) is 0 Å². The molecule has 136 valence electrons. The average Bonchev–Trinajstić information content (AvgIpc) is 2.94. The Labute approximate surface area is 145 Å². The lowest BCUT2D eigenvalue weighted by atomic mass is 9.82. The first kappa shape index (κ1) is 19.4. The second kappa shape index (κ2) is 7.96. The van der Waals surface area contributed by atoms with Crippen LogP contribution >= 0.6 is 0 Å². The van der Waals surface area contributed by atoms with Gasteiger partial charge in [0.15, 0.2) is 0 Å². The third kappa shape index (κ3) is 4.37. The molecule has 0 radical (unpaired) electrons. The normalized spacial score (nSPS) is 39.0. The van der Waals surface area contributed by atoms with E-state index in [-0.39, 0.29) is 18.1 Å². The lowest BCUT2D eigenvalue weighted by molar-refractivity contribution is -0.270.